The molecule has 1 aromatic carbocycles. The minimum Gasteiger partial charge on any atom is -0.494 e. The number of carbonyl (C=O) groups is 1. The van der Waals surface area contributed by atoms with Gasteiger partial charge in [0.2, 0.25) is 11.8 Å². The number of allylic oxidation sites excluding steroid dienone is 2. The molecule has 5 heteroatoms. The molecule has 1 heterocycles. The molecule has 1 aromatic heterocycles. The number of esters is 1. The Labute approximate surface area is 121 Å². The van der Waals surface area contributed by atoms with Gasteiger partial charge in [0.15, 0.2) is 5.75 Å². The third-order valence-electron chi connectivity index (χ3n) is 3.50. The third kappa shape index (κ3) is 2.16. The van der Waals surface area contributed by atoms with E-state index >= 15 is 0 Å². The Kier molecular flexibility index (Phi) is 3.17. The van der Waals surface area contributed by atoms with Gasteiger partial charge in [0.1, 0.15) is 0 Å². The summed E-state index contributed by atoms with van der Waals surface area (Å²) < 4.78 is 6.46. The van der Waals surface area contributed by atoms with Gasteiger partial charge in [-0.2, -0.15) is 0 Å². The Morgan fingerprint density at radius 3 is 2.24 bits per heavy atom. The fourth-order valence-corrected chi connectivity index (χ4v) is 2.58. The van der Waals surface area contributed by atoms with Crippen molar-refractivity contribution in [3.05, 3.63) is 47.5 Å². The maximum absolute atomic E-state index is 11.2. The average Bonchev–Trinajstić information content (AvgIpc) is 2.72. The van der Waals surface area contributed by atoms with E-state index in [9.17, 15) is 15.0 Å². The quantitative estimate of drug-likeness (QED) is 0.505. The zero-order valence-electron chi connectivity index (χ0n) is 11.5. The number of benzene rings is 1. The summed E-state index contributed by atoms with van der Waals surface area (Å²) >= 11 is 0. The highest BCUT2D eigenvalue weighted by Gasteiger charge is 2.25. The van der Waals surface area contributed by atoms with Crippen LogP contribution in [0.4, 0.5) is 0 Å². The van der Waals surface area contributed by atoms with Gasteiger partial charge in [-0.3, -0.25) is 4.79 Å². The standard InChI is InChI=1S/C16H15NO4/c1-10(18)21-14-9-5-4-8-13(14)17-15(19)11-6-2-3-7-12(11)16(17)20/h2-5,8-9,19-20H,6-7H2,1H3. The molecule has 1 aliphatic rings. The first-order chi connectivity index (χ1) is 10.1. The average molecular weight is 285 g/mol. The zero-order chi connectivity index (χ0) is 15.0. The van der Waals surface area contributed by atoms with Crippen molar-refractivity contribution in [2.45, 2.75) is 19.8 Å². The summed E-state index contributed by atoms with van der Waals surface area (Å²) in [4.78, 5) is 11.2. The number of rotatable bonds is 2. The summed E-state index contributed by atoms with van der Waals surface area (Å²) in [5, 5.41) is 20.8. The Balaban J connectivity index is 2.18. The van der Waals surface area contributed by atoms with Crippen molar-refractivity contribution in [3.8, 4) is 23.2 Å². The number of hydrogen-bond acceptors (Lipinski definition) is 4. The van der Waals surface area contributed by atoms with Gasteiger partial charge in [-0.1, -0.05) is 24.3 Å². The molecule has 0 saturated carbocycles. The summed E-state index contributed by atoms with van der Waals surface area (Å²) in [6, 6.07) is 6.77. The van der Waals surface area contributed by atoms with E-state index in [1.54, 1.807) is 24.3 Å². The topological polar surface area (TPSA) is 71.7 Å². The van der Waals surface area contributed by atoms with E-state index < -0.39 is 5.97 Å². The summed E-state index contributed by atoms with van der Waals surface area (Å²) in [5.41, 5.74) is 1.83. The molecule has 0 unspecified atom stereocenters. The van der Waals surface area contributed by atoms with Crippen LogP contribution in [0.1, 0.15) is 18.1 Å². The molecular weight excluding hydrogens is 270 g/mol. The predicted molar refractivity (Wildman–Crippen MR) is 77.0 cm³/mol. The second-order valence-electron chi connectivity index (χ2n) is 4.88. The molecule has 3 rings (SSSR count). The Morgan fingerprint density at radius 2 is 1.67 bits per heavy atom. The van der Waals surface area contributed by atoms with Crippen LogP contribution in [0, 0.1) is 0 Å². The van der Waals surface area contributed by atoms with Crippen molar-refractivity contribution >= 4 is 5.97 Å². The van der Waals surface area contributed by atoms with Gasteiger partial charge in [-0.25, -0.2) is 4.57 Å². The van der Waals surface area contributed by atoms with Crippen molar-refractivity contribution in [2.24, 2.45) is 0 Å². The lowest BCUT2D eigenvalue weighted by Gasteiger charge is -2.12. The van der Waals surface area contributed by atoms with Crippen molar-refractivity contribution in [3.63, 3.8) is 0 Å². The molecular formula is C16H15NO4. The van der Waals surface area contributed by atoms with Gasteiger partial charge >= 0.3 is 5.97 Å². The molecule has 2 N–H and O–H groups in total. The third-order valence-corrected chi connectivity index (χ3v) is 3.50. The minimum atomic E-state index is -0.458. The number of nitrogens with zero attached hydrogens (tertiary/aromatic N) is 1. The molecule has 0 bridgehead atoms. The lowest BCUT2D eigenvalue weighted by molar-refractivity contribution is -0.131. The van der Waals surface area contributed by atoms with Gasteiger partial charge in [-0.15, -0.1) is 0 Å². The van der Waals surface area contributed by atoms with Crippen molar-refractivity contribution in [2.75, 3.05) is 0 Å². The van der Waals surface area contributed by atoms with Gasteiger partial charge in [0, 0.05) is 18.1 Å². The first-order valence-corrected chi connectivity index (χ1v) is 6.66. The van der Waals surface area contributed by atoms with Crippen LogP contribution < -0.4 is 4.74 Å². The van der Waals surface area contributed by atoms with E-state index in [2.05, 4.69) is 0 Å². The van der Waals surface area contributed by atoms with E-state index in [1.165, 1.54) is 11.5 Å². The van der Waals surface area contributed by atoms with Crippen LogP contribution >= 0.6 is 0 Å². The van der Waals surface area contributed by atoms with Crippen LogP contribution in [-0.4, -0.2) is 20.7 Å². The second-order valence-corrected chi connectivity index (χ2v) is 4.88. The van der Waals surface area contributed by atoms with Crippen LogP contribution in [0.3, 0.4) is 0 Å². The van der Waals surface area contributed by atoms with Crippen molar-refractivity contribution < 1.29 is 19.7 Å². The molecule has 0 radical (unpaired) electrons. The van der Waals surface area contributed by atoms with E-state index in [4.69, 9.17) is 4.74 Å². The van der Waals surface area contributed by atoms with Gasteiger partial charge in [0.05, 0.1) is 5.69 Å². The number of fused-ring (bicyclic) bond motifs is 1. The first kappa shape index (κ1) is 13.3. The van der Waals surface area contributed by atoms with Crippen LogP contribution in [0.5, 0.6) is 17.5 Å². The molecule has 5 nitrogen and oxygen atoms in total. The molecule has 0 amide bonds. The van der Waals surface area contributed by atoms with Gasteiger partial charge in [-0.05, 0) is 25.0 Å². The van der Waals surface area contributed by atoms with Crippen molar-refractivity contribution in [1.29, 1.82) is 0 Å². The minimum absolute atomic E-state index is 0.0218. The lowest BCUT2D eigenvalue weighted by Crippen LogP contribution is -2.05. The van der Waals surface area contributed by atoms with Gasteiger partial charge in [0.25, 0.3) is 0 Å². The Bertz CT molecular complexity index is 711. The summed E-state index contributed by atoms with van der Waals surface area (Å²) in [7, 11) is 0. The summed E-state index contributed by atoms with van der Waals surface area (Å²) in [6.45, 7) is 1.31. The number of ether oxygens (including phenoxy) is 1. The SMILES string of the molecule is CC(=O)Oc1ccccc1-n1c(O)c2c(c1O)CC=CC2. The smallest absolute Gasteiger partial charge is 0.308 e. The predicted octanol–water partition coefficient (Wildman–Crippen LogP) is 2.47. The van der Waals surface area contributed by atoms with Crippen LogP contribution in [0.15, 0.2) is 36.4 Å². The highest BCUT2D eigenvalue weighted by molar-refractivity contribution is 5.71. The molecule has 2 aromatic rings. The molecule has 108 valence electrons. The number of aromatic nitrogens is 1. The maximum atomic E-state index is 11.2. The van der Waals surface area contributed by atoms with Crippen LogP contribution in [0.25, 0.3) is 5.69 Å². The lowest BCUT2D eigenvalue weighted by atomic mass is 10.0. The maximum Gasteiger partial charge on any atom is 0.308 e. The van der Waals surface area contributed by atoms with E-state index in [1.807, 2.05) is 12.2 Å². The second kappa shape index (κ2) is 5.01. The number of para-hydroxylation sites is 2. The summed E-state index contributed by atoms with van der Waals surface area (Å²) in [6.07, 6.45) is 5.03. The monoisotopic (exact) mass is 285 g/mol. The highest BCUT2D eigenvalue weighted by Crippen LogP contribution is 2.41. The number of aromatic hydroxyl groups is 2. The highest BCUT2D eigenvalue weighted by atomic mass is 16.5. The van der Waals surface area contributed by atoms with E-state index in [-0.39, 0.29) is 17.5 Å². The number of hydrogen-bond donors (Lipinski definition) is 2. The molecule has 0 fully saturated rings. The Morgan fingerprint density at radius 1 is 1.10 bits per heavy atom. The van der Waals surface area contributed by atoms with E-state index in [0.29, 0.717) is 29.7 Å². The van der Waals surface area contributed by atoms with Crippen LogP contribution in [0.2, 0.25) is 0 Å². The zero-order valence-corrected chi connectivity index (χ0v) is 11.5. The molecule has 0 aliphatic heterocycles. The largest absolute Gasteiger partial charge is 0.494 e. The van der Waals surface area contributed by atoms with Crippen LogP contribution in [-0.2, 0) is 17.6 Å². The van der Waals surface area contributed by atoms with Gasteiger partial charge < -0.3 is 14.9 Å². The van der Waals surface area contributed by atoms with E-state index in [0.717, 1.165) is 0 Å². The number of carbonyl (C=O) groups excluding carboxylic acids is 1. The fourth-order valence-electron chi connectivity index (χ4n) is 2.58. The first-order valence-electron chi connectivity index (χ1n) is 6.66. The Hall–Kier alpha value is -2.69. The normalized spacial score (nSPS) is 13.0. The fraction of sp³-hybridized carbons (Fsp3) is 0.188. The molecule has 1 aliphatic carbocycles. The molecule has 0 spiro atoms. The molecule has 0 saturated heterocycles. The molecule has 0 atom stereocenters. The summed E-state index contributed by atoms with van der Waals surface area (Å²) in [5.74, 6) is -0.214. The van der Waals surface area contributed by atoms with Crippen molar-refractivity contribution in [1.82, 2.24) is 4.57 Å². The molecule has 21 heavy (non-hydrogen) atoms.